The minimum atomic E-state index is -0.0323. The third-order valence-electron chi connectivity index (χ3n) is 5.10. The Hall–Kier alpha value is -1.56. The Balaban J connectivity index is 1.55. The average Bonchev–Trinajstić information content (AvgIpc) is 3.03. The van der Waals surface area contributed by atoms with Crippen LogP contribution in [0.2, 0.25) is 0 Å². The van der Waals surface area contributed by atoms with E-state index in [0.717, 1.165) is 44.7 Å². The smallest absolute Gasteiger partial charge is 0.323 e. The lowest BCUT2D eigenvalue weighted by Gasteiger charge is -2.44. The molecule has 0 unspecified atom stereocenters. The minimum absolute atomic E-state index is 0.0323. The molecule has 1 saturated carbocycles. The minimum Gasteiger partial charge on any atom is -0.378 e. The molecule has 3 rings (SSSR count). The summed E-state index contributed by atoms with van der Waals surface area (Å²) in [5, 5.41) is 7.41. The average molecular weight is 320 g/mol. The molecule has 1 N–H and O–H groups in total. The number of hydrogen-bond donors (Lipinski definition) is 1. The summed E-state index contributed by atoms with van der Waals surface area (Å²) in [6.45, 7) is 10.7. The number of anilines is 1. The summed E-state index contributed by atoms with van der Waals surface area (Å²) >= 11 is 0. The van der Waals surface area contributed by atoms with Gasteiger partial charge in [0.2, 0.25) is 0 Å². The molecule has 0 radical (unpaired) electrons. The second-order valence-electron chi connectivity index (χ2n) is 7.30. The summed E-state index contributed by atoms with van der Waals surface area (Å²) < 4.78 is 7.59. The second kappa shape index (κ2) is 6.15. The van der Waals surface area contributed by atoms with Crippen LogP contribution in [0, 0.1) is 12.3 Å². The molecular formula is C17H28N4O2. The molecule has 6 nitrogen and oxygen atoms in total. The van der Waals surface area contributed by atoms with Crippen molar-refractivity contribution in [1.82, 2.24) is 14.7 Å². The van der Waals surface area contributed by atoms with Crippen molar-refractivity contribution in [2.75, 3.05) is 25.0 Å². The molecule has 0 atom stereocenters. The van der Waals surface area contributed by atoms with Gasteiger partial charge in [-0.1, -0.05) is 0 Å². The second-order valence-corrected chi connectivity index (χ2v) is 7.30. The van der Waals surface area contributed by atoms with Crippen LogP contribution in [0.5, 0.6) is 0 Å². The lowest BCUT2D eigenvalue weighted by molar-refractivity contribution is -0.0703. The highest BCUT2D eigenvalue weighted by Gasteiger charge is 2.49. The van der Waals surface area contributed by atoms with E-state index in [1.807, 2.05) is 29.5 Å². The molecule has 6 heteroatoms. The van der Waals surface area contributed by atoms with Crippen molar-refractivity contribution in [1.29, 1.82) is 0 Å². The summed E-state index contributed by atoms with van der Waals surface area (Å²) in [6.07, 6.45) is 3.66. The molecule has 2 amide bonds. The third-order valence-corrected chi connectivity index (χ3v) is 5.10. The molecule has 1 aromatic rings. The largest absolute Gasteiger partial charge is 0.378 e. The van der Waals surface area contributed by atoms with Crippen LogP contribution in [0.25, 0.3) is 0 Å². The maximum Gasteiger partial charge on any atom is 0.323 e. The standard InChI is InChI=1S/C17H28N4O2/c1-5-23-14-9-17(10-14)6-7-20(11-17)16(22)18-15-8-13(4)21(19-15)12(2)3/h8,12,14H,5-7,9-11H2,1-4H3,(H,18,19,22). The predicted molar refractivity (Wildman–Crippen MR) is 89.6 cm³/mol. The van der Waals surface area contributed by atoms with Crippen molar-refractivity contribution >= 4 is 11.8 Å². The highest BCUT2D eigenvalue weighted by atomic mass is 16.5. The maximum atomic E-state index is 12.5. The molecule has 0 aromatic carbocycles. The van der Waals surface area contributed by atoms with Crippen molar-refractivity contribution in [3.05, 3.63) is 11.8 Å². The highest BCUT2D eigenvalue weighted by Crippen LogP contribution is 2.49. The lowest BCUT2D eigenvalue weighted by Crippen LogP contribution is -2.45. The quantitative estimate of drug-likeness (QED) is 0.927. The third kappa shape index (κ3) is 3.22. The van der Waals surface area contributed by atoms with Crippen molar-refractivity contribution in [2.24, 2.45) is 5.41 Å². The lowest BCUT2D eigenvalue weighted by atomic mass is 9.66. The van der Waals surface area contributed by atoms with Gasteiger partial charge in [0.1, 0.15) is 0 Å². The molecule has 1 saturated heterocycles. The van der Waals surface area contributed by atoms with E-state index in [1.54, 1.807) is 0 Å². The monoisotopic (exact) mass is 320 g/mol. The van der Waals surface area contributed by atoms with Gasteiger partial charge in [-0.15, -0.1) is 0 Å². The van der Waals surface area contributed by atoms with E-state index in [-0.39, 0.29) is 6.03 Å². The normalized spacial score (nSPS) is 26.8. The first-order valence-electron chi connectivity index (χ1n) is 8.66. The molecule has 128 valence electrons. The molecule has 1 aliphatic carbocycles. The zero-order chi connectivity index (χ0) is 16.6. The summed E-state index contributed by atoms with van der Waals surface area (Å²) in [5.41, 5.74) is 1.36. The zero-order valence-corrected chi connectivity index (χ0v) is 14.6. The first-order chi connectivity index (χ1) is 10.9. The molecule has 2 aliphatic rings. The summed E-state index contributed by atoms with van der Waals surface area (Å²) in [5.74, 6) is 0.642. The van der Waals surface area contributed by atoms with Gasteiger partial charge in [0, 0.05) is 37.5 Å². The van der Waals surface area contributed by atoms with E-state index in [4.69, 9.17) is 4.74 Å². The van der Waals surface area contributed by atoms with Crippen molar-refractivity contribution < 1.29 is 9.53 Å². The molecule has 2 heterocycles. The number of aromatic nitrogens is 2. The molecule has 1 aromatic heterocycles. The molecule has 1 spiro atoms. The number of nitrogens with zero attached hydrogens (tertiary/aromatic N) is 3. The number of rotatable bonds is 4. The van der Waals surface area contributed by atoms with Crippen molar-refractivity contribution in [2.45, 2.75) is 59.1 Å². The highest BCUT2D eigenvalue weighted by molar-refractivity contribution is 5.88. The number of carbonyl (C=O) groups is 1. The van der Waals surface area contributed by atoms with Gasteiger partial charge in [-0.05, 0) is 52.4 Å². The van der Waals surface area contributed by atoms with Gasteiger partial charge in [0.15, 0.2) is 5.82 Å². The molecular weight excluding hydrogens is 292 g/mol. The van der Waals surface area contributed by atoms with Crippen molar-refractivity contribution in [3.8, 4) is 0 Å². The van der Waals surface area contributed by atoms with Gasteiger partial charge in [-0.2, -0.15) is 5.10 Å². The first kappa shape index (κ1) is 16.3. The van der Waals surface area contributed by atoms with Gasteiger partial charge in [-0.3, -0.25) is 10.00 Å². The fourth-order valence-corrected chi connectivity index (χ4v) is 3.96. The Morgan fingerprint density at radius 1 is 1.52 bits per heavy atom. The number of hydrogen-bond acceptors (Lipinski definition) is 3. The number of likely N-dealkylation sites (tertiary alicyclic amines) is 1. The van der Waals surface area contributed by atoms with E-state index >= 15 is 0 Å². The summed E-state index contributed by atoms with van der Waals surface area (Å²) in [6, 6.07) is 2.19. The Labute approximate surface area is 138 Å². The number of nitrogens with one attached hydrogen (secondary N) is 1. The van der Waals surface area contributed by atoms with Gasteiger partial charge in [0.05, 0.1) is 6.10 Å². The number of carbonyl (C=O) groups excluding carboxylic acids is 1. The van der Waals surface area contributed by atoms with Crippen molar-refractivity contribution in [3.63, 3.8) is 0 Å². The van der Waals surface area contributed by atoms with Crippen LogP contribution in [-0.4, -0.2) is 46.5 Å². The SMILES string of the molecule is CCOC1CC2(CCN(C(=O)Nc3cc(C)n(C(C)C)n3)C2)C1. The number of ether oxygens (including phenoxy) is 1. The van der Waals surface area contributed by atoms with Gasteiger partial charge in [-0.25, -0.2) is 4.79 Å². The van der Waals surface area contributed by atoms with Crippen LogP contribution in [0.15, 0.2) is 6.07 Å². The predicted octanol–water partition coefficient (Wildman–Crippen LogP) is 3.20. The van der Waals surface area contributed by atoms with Crippen LogP contribution in [-0.2, 0) is 4.74 Å². The molecule has 0 bridgehead atoms. The van der Waals surface area contributed by atoms with Gasteiger partial charge >= 0.3 is 6.03 Å². The topological polar surface area (TPSA) is 59.4 Å². The van der Waals surface area contributed by atoms with Crippen LogP contribution in [0.4, 0.5) is 10.6 Å². The van der Waals surface area contributed by atoms with E-state index in [1.165, 1.54) is 0 Å². The number of aryl methyl sites for hydroxylation is 1. The first-order valence-corrected chi connectivity index (χ1v) is 8.66. The fraction of sp³-hybridized carbons (Fsp3) is 0.765. The van der Waals surface area contributed by atoms with Crippen LogP contribution < -0.4 is 5.32 Å². The summed E-state index contributed by atoms with van der Waals surface area (Å²) in [7, 11) is 0. The fourth-order valence-electron chi connectivity index (χ4n) is 3.96. The van der Waals surface area contributed by atoms with E-state index in [0.29, 0.717) is 23.4 Å². The Bertz CT molecular complexity index is 575. The van der Waals surface area contributed by atoms with E-state index < -0.39 is 0 Å². The van der Waals surface area contributed by atoms with E-state index in [9.17, 15) is 4.79 Å². The Morgan fingerprint density at radius 3 is 2.87 bits per heavy atom. The van der Waals surface area contributed by atoms with E-state index in [2.05, 4.69) is 24.3 Å². The zero-order valence-electron chi connectivity index (χ0n) is 14.6. The van der Waals surface area contributed by atoms with Crippen LogP contribution in [0.3, 0.4) is 0 Å². The molecule has 23 heavy (non-hydrogen) atoms. The summed E-state index contributed by atoms with van der Waals surface area (Å²) in [4.78, 5) is 14.4. The van der Waals surface area contributed by atoms with Gasteiger partial charge < -0.3 is 9.64 Å². The molecule has 1 aliphatic heterocycles. The van der Waals surface area contributed by atoms with Crippen LogP contribution >= 0.6 is 0 Å². The van der Waals surface area contributed by atoms with Gasteiger partial charge in [0.25, 0.3) is 0 Å². The number of urea groups is 1. The maximum absolute atomic E-state index is 12.5. The Morgan fingerprint density at radius 2 is 2.26 bits per heavy atom. The Kier molecular flexibility index (Phi) is 4.36. The number of amides is 2. The van der Waals surface area contributed by atoms with Crippen LogP contribution in [0.1, 0.15) is 51.8 Å². The molecule has 2 fully saturated rings.